The summed E-state index contributed by atoms with van der Waals surface area (Å²) in [5.74, 6) is 0.411. The summed E-state index contributed by atoms with van der Waals surface area (Å²) in [6, 6.07) is 0.179. The molecule has 28 heavy (non-hydrogen) atoms. The fourth-order valence-electron chi connectivity index (χ4n) is 3.81. The van der Waals surface area contributed by atoms with Crippen LogP contribution in [0.4, 0.5) is 5.95 Å². The molecule has 9 heteroatoms. The van der Waals surface area contributed by atoms with E-state index in [0.717, 1.165) is 36.2 Å². The Bertz CT molecular complexity index is 878. The maximum Gasteiger partial charge on any atom is 0.306 e. The monoisotopic (exact) mass is 388 g/mol. The lowest BCUT2D eigenvalue weighted by molar-refractivity contribution is -0.148. The summed E-state index contributed by atoms with van der Waals surface area (Å²) in [6.07, 6.45) is 5.06. The van der Waals surface area contributed by atoms with E-state index in [2.05, 4.69) is 27.3 Å². The average Bonchev–Trinajstić information content (AvgIpc) is 3.02. The average molecular weight is 388 g/mol. The van der Waals surface area contributed by atoms with Crippen LogP contribution >= 0.6 is 0 Å². The molecule has 3 rings (SSSR count). The van der Waals surface area contributed by atoms with Crippen molar-refractivity contribution in [3.05, 3.63) is 17.0 Å². The molecule has 0 saturated heterocycles. The van der Waals surface area contributed by atoms with Crippen LogP contribution in [0.3, 0.4) is 0 Å². The van der Waals surface area contributed by atoms with E-state index in [4.69, 9.17) is 10.5 Å². The van der Waals surface area contributed by atoms with Crippen LogP contribution in [0.25, 0.3) is 5.78 Å². The second-order valence-corrected chi connectivity index (χ2v) is 7.54. The van der Waals surface area contributed by atoms with E-state index in [9.17, 15) is 9.59 Å². The zero-order valence-electron chi connectivity index (χ0n) is 16.7. The van der Waals surface area contributed by atoms with Crippen molar-refractivity contribution in [2.24, 2.45) is 5.92 Å². The minimum Gasteiger partial charge on any atom is -0.456 e. The number of anilines is 1. The van der Waals surface area contributed by atoms with Gasteiger partial charge in [0.1, 0.15) is 0 Å². The zero-order chi connectivity index (χ0) is 20.3. The Balaban J connectivity index is 1.50. The molecule has 0 unspecified atom stereocenters. The van der Waals surface area contributed by atoms with Gasteiger partial charge in [-0.25, -0.2) is 4.98 Å². The number of hydrogen-bond acceptors (Lipinski definition) is 7. The fraction of sp³-hybridized carbons (Fsp3) is 0.632. The highest BCUT2D eigenvalue weighted by atomic mass is 16.5. The number of esters is 1. The molecule has 0 aliphatic heterocycles. The number of carbonyl (C=O) groups is 2. The Kier molecular flexibility index (Phi) is 6.11. The van der Waals surface area contributed by atoms with Crippen molar-refractivity contribution in [1.82, 2.24) is 24.9 Å². The quantitative estimate of drug-likeness (QED) is 0.718. The molecule has 0 aromatic carbocycles. The predicted molar refractivity (Wildman–Crippen MR) is 104 cm³/mol. The molecule has 2 atom stereocenters. The smallest absolute Gasteiger partial charge is 0.306 e. The lowest BCUT2D eigenvalue weighted by Crippen LogP contribution is -2.42. The number of ether oxygens (including phenoxy) is 1. The molecule has 0 bridgehead atoms. The van der Waals surface area contributed by atoms with Crippen LogP contribution in [0, 0.1) is 19.8 Å². The summed E-state index contributed by atoms with van der Waals surface area (Å²) in [4.78, 5) is 32.6. The van der Waals surface area contributed by atoms with Crippen molar-refractivity contribution in [3.8, 4) is 0 Å². The Morgan fingerprint density at radius 3 is 2.75 bits per heavy atom. The van der Waals surface area contributed by atoms with Gasteiger partial charge in [0.05, 0.1) is 0 Å². The first-order valence-electron chi connectivity index (χ1n) is 9.78. The molecule has 152 valence electrons. The van der Waals surface area contributed by atoms with E-state index in [1.165, 1.54) is 6.42 Å². The number of nitrogens with zero attached hydrogens (tertiary/aromatic N) is 4. The van der Waals surface area contributed by atoms with Gasteiger partial charge >= 0.3 is 5.97 Å². The van der Waals surface area contributed by atoms with Crippen molar-refractivity contribution >= 4 is 23.6 Å². The van der Waals surface area contributed by atoms with Crippen LogP contribution < -0.4 is 11.1 Å². The first kappa shape index (κ1) is 20.0. The third-order valence-electron chi connectivity index (χ3n) is 5.47. The lowest BCUT2D eigenvalue weighted by atomic mass is 9.86. The van der Waals surface area contributed by atoms with Gasteiger partial charge in [-0.15, -0.1) is 5.10 Å². The van der Waals surface area contributed by atoms with Gasteiger partial charge in [0, 0.05) is 23.9 Å². The molecule has 9 nitrogen and oxygen atoms in total. The third-order valence-corrected chi connectivity index (χ3v) is 5.47. The topological polar surface area (TPSA) is 124 Å². The molecule has 1 amide bonds. The van der Waals surface area contributed by atoms with E-state index in [1.807, 2.05) is 13.8 Å². The minimum atomic E-state index is -0.413. The van der Waals surface area contributed by atoms with Crippen LogP contribution in [0.5, 0.6) is 0 Å². The van der Waals surface area contributed by atoms with Crippen molar-refractivity contribution in [2.45, 2.75) is 65.3 Å². The van der Waals surface area contributed by atoms with Crippen molar-refractivity contribution in [3.63, 3.8) is 0 Å². The summed E-state index contributed by atoms with van der Waals surface area (Å²) in [5, 5.41) is 7.10. The molecule has 1 aliphatic carbocycles. The molecule has 2 heterocycles. The molecule has 2 aromatic rings. The SMILES string of the molecule is Cc1nc2nc(N)nn2c(C)c1CCC(=O)OCC(=O)N[C@@H]1CCCC[C@H]1C. The van der Waals surface area contributed by atoms with E-state index in [-0.39, 0.29) is 30.9 Å². The van der Waals surface area contributed by atoms with E-state index in [1.54, 1.807) is 4.52 Å². The number of aromatic nitrogens is 4. The van der Waals surface area contributed by atoms with E-state index < -0.39 is 5.97 Å². The Morgan fingerprint density at radius 2 is 2.00 bits per heavy atom. The second-order valence-electron chi connectivity index (χ2n) is 7.54. The number of hydrogen-bond donors (Lipinski definition) is 2. The van der Waals surface area contributed by atoms with Gasteiger partial charge in [-0.05, 0) is 44.6 Å². The summed E-state index contributed by atoms with van der Waals surface area (Å²) in [5.41, 5.74) is 8.14. The molecule has 1 aliphatic rings. The van der Waals surface area contributed by atoms with Crippen molar-refractivity contribution < 1.29 is 14.3 Å². The summed E-state index contributed by atoms with van der Waals surface area (Å²) in [7, 11) is 0. The second kappa shape index (κ2) is 8.53. The molecule has 0 spiro atoms. The zero-order valence-corrected chi connectivity index (χ0v) is 16.7. The normalized spacial score (nSPS) is 19.5. The number of fused-ring (bicyclic) bond motifs is 1. The summed E-state index contributed by atoms with van der Waals surface area (Å²) >= 11 is 0. The highest BCUT2D eigenvalue weighted by Crippen LogP contribution is 2.23. The first-order chi connectivity index (χ1) is 13.3. The number of amides is 1. The van der Waals surface area contributed by atoms with E-state index >= 15 is 0 Å². The van der Waals surface area contributed by atoms with Crippen molar-refractivity contribution in [2.75, 3.05) is 12.3 Å². The summed E-state index contributed by atoms with van der Waals surface area (Å²) < 4.78 is 6.72. The first-order valence-corrected chi connectivity index (χ1v) is 9.78. The fourth-order valence-corrected chi connectivity index (χ4v) is 3.81. The van der Waals surface area contributed by atoms with Gasteiger partial charge in [0.25, 0.3) is 11.7 Å². The molecule has 1 fully saturated rings. The molecule has 3 N–H and O–H groups in total. The Morgan fingerprint density at radius 1 is 1.25 bits per heavy atom. The number of rotatable bonds is 6. The molecular formula is C19H28N6O3. The van der Waals surface area contributed by atoms with Crippen LogP contribution in [0.15, 0.2) is 0 Å². The summed E-state index contributed by atoms with van der Waals surface area (Å²) in [6.45, 7) is 5.65. The number of nitrogens with two attached hydrogens (primary N) is 1. The van der Waals surface area contributed by atoms with Gasteiger partial charge < -0.3 is 15.8 Å². The molecule has 2 aromatic heterocycles. The van der Waals surface area contributed by atoms with Crippen LogP contribution in [-0.2, 0) is 20.7 Å². The van der Waals surface area contributed by atoms with Gasteiger partial charge in [-0.1, -0.05) is 19.8 Å². The van der Waals surface area contributed by atoms with Crippen LogP contribution in [0.1, 0.15) is 56.0 Å². The van der Waals surface area contributed by atoms with Gasteiger partial charge in [-0.2, -0.15) is 9.50 Å². The maximum absolute atomic E-state index is 12.1. The standard InChI is InChI=1S/C19H28N6O3/c1-11-6-4-5-7-15(11)22-16(26)10-28-17(27)9-8-14-12(2)21-19-23-18(20)24-25(19)13(14)3/h11,15H,4-10H2,1-3H3,(H2,20,24)(H,22,26)/t11-,15-/m1/s1. The van der Waals surface area contributed by atoms with E-state index in [0.29, 0.717) is 18.1 Å². The highest BCUT2D eigenvalue weighted by Gasteiger charge is 2.23. The molecule has 1 saturated carbocycles. The molecule has 0 radical (unpaired) electrons. The predicted octanol–water partition coefficient (Wildman–Crippen LogP) is 1.49. The van der Waals surface area contributed by atoms with Gasteiger partial charge in [0.2, 0.25) is 5.95 Å². The Hall–Kier alpha value is -2.71. The lowest BCUT2D eigenvalue weighted by Gasteiger charge is -2.29. The number of nitrogen functional groups attached to an aromatic ring is 1. The third kappa shape index (κ3) is 4.58. The van der Waals surface area contributed by atoms with Crippen LogP contribution in [-0.4, -0.2) is 44.1 Å². The number of nitrogens with one attached hydrogen (secondary N) is 1. The highest BCUT2D eigenvalue weighted by molar-refractivity contribution is 5.80. The van der Waals surface area contributed by atoms with Gasteiger partial charge in [0.15, 0.2) is 6.61 Å². The maximum atomic E-state index is 12.1. The minimum absolute atomic E-state index is 0.157. The molecular weight excluding hydrogens is 360 g/mol. The van der Waals surface area contributed by atoms with Crippen molar-refractivity contribution in [1.29, 1.82) is 0 Å². The largest absolute Gasteiger partial charge is 0.456 e. The van der Waals surface area contributed by atoms with Gasteiger partial charge in [-0.3, -0.25) is 9.59 Å². The Labute approximate surface area is 164 Å². The van der Waals surface area contributed by atoms with Crippen LogP contribution in [0.2, 0.25) is 0 Å². The number of carbonyl (C=O) groups excluding carboxylic acids is 2. The number of aryl methyl sites for hydroxylation is 2.